The van der Waals surface area contributed by atoms with Crippen molar-refractivity contribution in [2.75, 3.05) is 0 Å². The molecule has 0 fully saturated rings. The number of para-hydroxylation sites is 2. The Labute approximate surface area is 127 Å². The lowest BCUT2D eigenvalue weighted by molar-refractivity contribution is 0.465. The molecule has 0 bridgehead atoms. The molecule has 0 saturated heterocycles. The molecule has 4 rings (SSSR count). The van der Waals surface area contributed by atoms with Gasteiger partial charge in [-0.1, -0.05) is 12.1 Å². The van der Waals surface area contributed by atoms with Crippen LogP contribution in [-0.2, 0) is 6.54 Å². The highest BCUT2D eigenvalue weighted by Gasteiger charge is 2.13. The van der Waals surface area contributed by atoms with Crippen molar-refractivity contribution < 1.29 is 8.83 Å². The number of hydrogen-bond acceptors (Lipinski definition) is 5. The monoisotopic (exact) mass is 344 g/mol. The van der Waals surface area contributed by atoms with Crippen LogP contribution in [0.1, 0.15) is 5.89 Å². The zero-order valence-electron chi connectivity index (χ0n) is 10.7. The van der Waals surface area contributed by atoms with Gasteiger partial charge in [0.1, 0.15) is 6.54 Å². The number of imidazole rings is 1. The highest BCUT2D eigenvalue weighted by molar-refractivity contribution is 9.10. The fraction of sp³-hybridized carbons (Fsp3) is 0.0714. The molecule has 3 aromatic heterocycles. The summed E-state index contributed by atoms with van der Waals surface area (Å²) >= 11 is 3.24. The normalized spacial score (nSPS) is 11.3. The van der Waals surface area contributed by atoms with E-state index in [4.69, 9.17) is 8.83 Å². The van der Waals surface area contributed by atoms with Gasteiger partial charge in [-0.25, -0.2) is 4.98 Å². The minimum absolute atomic E-state index is 0.361. The summed E-state index contributed by atoms with van der Waals surface area (Å²) in [6.07, 6.45) is 1.76. The molecule has 0 aliphatic carbocycles. The topological polar surface area (TPSA) is 69.9 Å². The van der Waals surface area contributed by atoms with Gasteiger partial charge in [0.2, 0.25) is 5.89 Å². The second-order valence-corrected chi connectivity index (χ2v) is 5.25. The SMILES string of the molecule is Brc1ccc(-c2nnc(Cn3cnc4ccccc43)o2)o1. The van der Waals surface area contributed by atoms with E-state index in [1.165, 1.54) is 0 Å². The van der Waals surface area contributed by atoms with Gasteiger partial charge in [0, 0.05) is 0 Å². The standard InChI is InChI=1S/C14H9BrN4O2/c15-12-6-5-11(20-12)14-18-17-13(21-14)7-19-8-16-9-3-1-2-4-10(9)19/h1-6,8H,7H2. The van der Waals surface area contributed by atoms with Gasteiger partial charge in [-0.15, -0.1) is 10.2 Å². The maximum absolute atomic E-state index is 5.62. The van der Waals surface area contributed by atoms with Crippen molar-refractivity contribution in [2.45, 2.75) is 6.54 Å². The number of hydrogen-bond donors (Lipinski definition) is 0. The average molecular weight is 345 g/mol. The Morgan fingerprint density at radius 3 is 2.81 bits per heavy atom. The van der Waals surface area contributed by atoms with E-state index in [1.807, 2.05) is 28.8 Å². The Balaban J connectivity index is 1.64. The second kappa shape index (κ2) is 4.85. The highest BCUT2D eigenvalue weighted by atomic mass is 79.9. The van der Waals surface area contributed by atoms with Crippen LogP contribution in [0, 0.1) is 0 Å². The Hall–Kier alpha value is -2.41. The Kier molecular flexibility index (Phi) is 2.85. The molecule has 1 aromatic carbocycles. The third-order valence-corrected chi connectivity index (χ3v) is 3.51. The number of benzene rings is 1. The van der Waals surface area contributed by atoms with Crippen LogP contribution in [0.25, 0.3) is 22.7 Å². The lowest BCUT2D eigenvalue weighted by atomic mass is 10.3. The predicted molar refractivity (Wildman–Crippen MR) is 78.5 cm³/mol. The van der Waals surface area contributed by atoms with E-state index in [9.17, 15) is 0 Å². The summed E-state index contributed by atoms with van der Waals surface area (Å²) in [5, 5.41) is 8.04. The Morgan fingerprint density at radius 2 is 1.95 bits per heavy atom. The van der Waals surface area contributed by atoms with Crippen molar-refractivity contribution in [3.8, 4) is 11.7 Å². The van der Waals surface area contributed by atoms with Crippen molar-refractivity contribution in [2.24, 2.45) is 0 Å². The molecule has 0 spiro atoms. The zero-order chi connectivity index (χ0) is 14.2. The third kappa shape index (κ3) is 2.25. The van der Waals surface area contributed by atoms with Crippen LogP contribution in [0.4, 0.5) is 0 Å². The maximum atomic E-state index is 5.62. The predicted octanol–water partition coefficient (Wildman–Crippen LogP) is 3.49. The molecule has 104 valence electrons. The summed E-state index contributed by atoms with van der Waals surface area (Å²) in [4.78, 5) is 4.33. The van der Waals surface area contributed by atoms with Crippen LogP contribution in [0.2, 0.25) is 0 Å². The molecule has 0 aliphatic heterocycles. The summed E-state index contributed by atoms with van der Waals surface area (Å²) < 4.78 is 13.6. The van der Waals surface area contributed by atoms with Crippen molar-refractivity contribution >= 4 is 27.0 Å². The van der Waals surface area contributed by atoms with Crippen LogP contribution in [0.3, 0.4) is 0 Å². The molecule has 0 amide bonds. The maximum Gasteiger partial charge on any atom is 0.283 e. The first-order valence-electron chi connectivity index (χ1n) is 6.27. The van der Waals surface area contributed by atoms with Gasteiger partial charge in [-0.05, 0) is 40.2 Å². The average Bonchev–Trinajstić information content (AvgIpc) is 3.20. The van der Waals surface area contributed by atoms with Crippen molar-refractivity contribution in [3.05, 3.63) is 53.3 Å². The summed E-state index contributed by atoms with van der Waals surface area (Å²) in [5.41, 5.74) is 1.96. The lowest BCUT2D eigenvalue weighted by Gasteiger charge is -1.99. The molecule has 0 saturated carbocycles. The first kappa shape index (κ1) is 12.3. The number of aromatic nitrogens is 4. The van der Waals surface area contributed by atoms with Gasteiger partial charge in [0.05, 0.1) is 17.4 Å². The summed E-state index contributed by atoms with van der Waals surface area (Å²) in [6.45, 7) is 0.468. The quantitative estimate of drug-likeness (QED) is 0.568. The van der Waals surface area contributed by atoms with Gasteiger partial charge >= 0.3 is 0 Å². The van der Waals surface area contributed by atoms with Crippen LogP contribution < -0.4 is 0 Å². The molecule has 0 aliphatic rings. The van der Waals surface area contributed by atoms with E-state index in [0.29, 0.717) is 28.8 Å². The molecule has 7 heteroatoms. The van der Waals surface area contributed by atoms with E-state index in [0.717, 1.165) is 11.0 Å². The van der Waals surface area contributed by atoms with Gasteiger partial charge in [0.15, 0.2) is 10.4 Å². The van der Waals surface area contributed by atoms with Crippen molar-refractivity contribution in [1.29, 1.82) is 0 Å². The second-order valence-electron chi connectivity index (χ2n) is 4.47. The largest absolute Gasteiger partial charge is 0.444 e. The molecule has 6 nitrogen and oxygen atoms in total. The summed E-state index contributed by atoms with van der Waals surface area (Å²) in [7, 11) is 0. The molecule has 4 aromatic rings. The van der Waals surface area contributed by atoms with Crippen LogP contribution in [-0.4, -0.2) is 19.7 Å². The number of halogens is 1. The van der Waals surface area contributed by atoms with Gasteiger partial charge in [0.25, 0.3) is 5.89 Å². The van der Waals surface area contributed by atoms with Gasteiger partial charge in [-0.3, -0.25) is 0 Å². The van der Waals surface area contributed by atoms with Crippen LogP contribution in [0.15, 0.2) is 56.2 Å². The molecule has 0 atom stereocenters. The molecule has 21 heavy (non-hydrogen) atoms. The zero-order valence-corrected chi connectivity index (χ0v) is 12.3. The van der Waals surface area contributed by atoms with Gasteiger partial charge in [-0.2, -0.15) is 0 Å². The molecule has 0 unspecified atom stereocenters. The van der Waals surface area contributed by atoms with Crippen LogP contribution >= 0.6 is 15.9 Å². The molecular weight excluding hydrogens is 336 g/mol. The fourth-order valence-corrected chi connectivity index (χ4v) is 2.43. The summed E-state index contributed by atoms with van der Waals surface area (Å²) in [6, 6.07) is 11.4. The van der Waals surface area contributed by atoms with Gasteiger partial charge < -0.3 is 13.4 Å². The minimum Gasteiger partial charge on any atom is -0.444 e. The molecule has 0 radical (unpaired) electrons. The third-order valence-electron chi connectivity index (χ3n) is 3.08. The minimum atomic E-state index is 0.361. The Morgan fingerprint density at radius 1 is 1.05 bits per heavy atom. The number of furan rings is 1. The molecule has 3 heterocycles. The van der Waals surface area contributed by atoms with Crippen LogP contribution in [0.5, 0.6) is 0 Å². The first-order valence-corrected chi connectivity index (χ1v) is 7.07. The fourth-order valence-electron chi connectivity index (χ4n) is 2.13. The number of nitrogens with zero attached hydrogens (tertiary/aromatic N) is 4. The van der Waals surface area contributed by atoms with E-state index >= 15 is 0 Å². The van der Waals surface area contributed by atoms with E-state index in [-0.39, 0.29) is 0 Å². The Bertz CT molecular complexity index is 908. The lowest BCUT2D eigenvalue weighted by Crippen LogP contribution is -1.97. The first-order chi connectivity index (χ1) is 10.3. The molecular formula is C14H9BrN4O2. The summed E-state index contributed by atoms with van der Waals surface area (Å²) in [5.74, 6) is 1.40. The van der Waals surface area contributed by atoms with E-state index in [1.54, 1.807) is 18.5 Å². The van der Waals surface area contributed by atoms with Crippen molar-refractivity contribution in [1.82, 2.24) is 19.7 Å². The van der Waals surface area contributed by atoms with E-state index in [2.05, 4.69) is 31.1 Å². The smallest absolute Gasteiger partial charge is 0.283 e. The molecule has 0 N–H and O–H groups in total. The number of rotatable bonds is 3. The number of fused-ring (bicyclic) bond motifs is 1. The van der Waals surface area contributed by atoms with Crippen molar-refractivity contribution in [3.63, 3.8) is 0 Å². The van der Waals surface area contributed by atoms with E-state index < -0.39 is 0 Å². The highest BCUT2D eigenvalue weighted by Crippen LogP contribution is 2.24.